The zero-order valence-corrected chi connectivity index (χ0v) is 17.5. The summed E-state index contributed by atoms with van der Waals surface area (Å²) in [5, 5.41) is 9.36. The predicted molar refractivity (Wildman–Crippen MR) is 94.9 cm³/mol. The topological polar surface area (TPSA) is 20.2 Å². The molecule has 20 heavy (non-hydrogen) atoms. The van der Waals surface area contributed by atoms with Crippen LogP contribution in [0.4, 0.5) is 0 Å². The molecule has 2 heteroatoms. The molecule has 120 valence electrons. The van der Waals surface area contributed by atoms with Crippen LogP contribution in [0.1, 0.15) is 73.1 Å². The first kappa shape index (κ1) is 20.5. The molecule has 0 unspecified atom stereocenters. The van der Waals surface area contributed by atoms with E-state index in [2.05, 4.69) is 40.7 Å². The zero-order valence-electron chi connectivity index (χ0n) is 14.7. The first-order valence-electron chi connectivity index (χ1n) is 8.86. The van der Waals surface area contributed by atoms with Gasteiger partial charge in [0, 0.05) is 0 Å². The summed E-state index contributed by atoms with van der Waals surface area (Å²) in [7, 11) is 0. The van der Waals surface area contributed by atoms with Crippen molar-refractivity contribution < 1.29 is 5.11 Å². The van der Waals surface area contributed by atoms with E-state index in [9.17, 15) is 5.11 Å². The standard InChI is InChI=1S/C6H11O.3C4H9.Sn/c1-3-4-6(2)5-7;3*1-3-4-2;/h4,6-7H,5H2,1-2H3;3*1,3-4H2,2H3;/t6-;;;;/m0..../s1. The van der Waals surface area contributed by atoms with Crippen LogP contribution in [0.3, 0.4) is 0 Å². The van der Waals surface area contributed by atoms with Gasteiger partial charge in [-0.1, -0.05) is 0 Å². The third-order valence-corrected chi connectivity index (χ3v) is 21.2. The Labute approximate surface area is 132 Å². The van der Waals surface area contributed by atoms with Crippen molar-refractivity contribution in [3.63, 3.8) is 0 Å². The van der Waals surface area contributed by atoms with Crippen LogP contribution >= 0.6 is 0 Å². The van der Waals surface area contributed by atoms with Crippen LogP contribution in [0.25, 0.3) is 0 Å². The Balaban J connectivity index is 5.14. The van der Waals surface area contributed by atoms with Crippen molar-refractivity contribution in [2.75, 3.05) is 6.61 Å². The quantitative estimate of drug-likeness (QED) is 0.409. The maximum absolute atomic E-state index is 9.36. The van der Waals surface area contributed by atoms with Gasteiger partial charge in [-0.25, -0.2) is 0 Å². The van der Waals surface area contributed by atoms with Gasteiger partial charge >= 0.3 is 132 Å². The molecule has 0 spiro atoms. The molecule has 0 fully saturated rings. The normalized spacial score (nSPS) is 14.6. The van der Waals surface area contributed by atoms with Crippen molar-refractivity contribution in [2.24, 2.45) is 5.92 Å². The number of rotatable bonds is 12. The van der Waals surface area contributed by atoms with Gasteiger partial charge in [0.25, 0.3) is 0 Å². The molecular formula is C18H38OSn. The van der Waals surface area contributed by atoms with Gasteiger partial charge in [-0.15, -0.1) is 0 Å². The van der Waals surface area contributed by atoms with Gasteiger partial charge in [-0.3, -0.25) is 0 Å². The molecule has 0 saturated carbocycles. The van der Waals surface area contributed by atoms with Gasteiger partial charge < -0.3 is 0 Å². The van der Waals surface area contributed by atoms with Crippen LogP contribution in [0.2, 0.25) is 13.3 Å². The van der Waals surface area contributed by atoms with Crippen molar-refractivity contribution in [1.82, 2.24) is 0 Å². The minimum atomic E-state index is -2.15. The number of hydrogen-bond donors (Lipinski definition) is 1. The summed E-state index contributed by atoms with van der Waals surface area (Å²) in [6, 6.07) is 0. The van der Waals surface area contributed by atoms with Crippen molar-refractivity contribution in [3.05, 3.63) is 9.67 Å². The third-order valence-electron chi connectivity index (χ3n) is 4.69. The van der Waals surface area contributed by atoms with Crippen LogP contribution in [-0.4, -0.2) is 30.1 Å². The third kappa shape index (κ3) is 7.49. The van der Waals surface area contributed by atoms with Crippen LogP contribution in [0.15, 0.2) is 9.67 Å². The van der Waals surface area contributed by atoms with E-state index in [0.717, 1.165) is 0 Å². The average molecular weight is 389 g/mol. The monoisotopic (exact) mass is 390 g/mol. The molecule has 0 amide bonds. The summed E-state index contributed by atoms with van der Waals surface area (Å²) >= 11 is -2.15. The summed E-state index contributed by atoms with van der Waals surface area (Å²) in [6.45, 7) is 11.8. The number of aliphatic hydroxyl groups is 1. The second-order valence-corrected chi connectivity index (χ2v) is 20.4. The molecule has 0 aliphatic heterocycles. The molecular weight excluding hydrogens is 351 g/mol. The Bertz CT molecular complexity index is 238. The van der Waals surface area contributed by atoms with Crippen molar-refractivity contribution in [1.29, 1.82) is 0 Å². The van der Waals surface area contributed by atoms with Crippen molar-refractivity contribution in [2.45, 2.75) is 86.5 Å². The van der Waals surface area contributed by atoms with Gasteiger partial charge in [0.2, 0.25) is 0 Å². The molecule has 0 aromatic heterocycles. The second kappa shape index (κ2) is 12.1. The van der Waals surface area contributed by atoms with E-state index in [0.29, 0.717) is 12.5 Å². The van der Waals surface area contributed by atoms with E-state index in [1.165, 1.54) is 51.8 Å². The Hall–Kier alpha value is 0.499. The molecule has 0 saturated heterocycles. The van der Waals surface area contributed by atoms with Gasteiger partial charge in [-0.05, 0) is 0 Å². The fraction of sp³-hybridized carbons (Fsp3) is 0.889. The fourth-order valence-electron chi connectivity index (χ4n) is 3.17. The molecule has 1 atom stereocenters. The van der Waals surface area contributed by atoms with E-state index >= 15 is 0 Å². The summed E-state index contributed by atoms with van der Waals surface area (Å²) in [4.78, 5) is 0. The summed E-state index contributed by atoms with van der Waals surface area (Å²) in [5.74, 6) is 0.343. The van der Waals surface area contributed by atoms with E-state index in [4.69, 9.17) is 0 Å². The minimum absolute atomic E-state index is 0.300. The van der Waals surface area contributed by atoms with Crippen molar-refractivity contribution in [3.8, 4) is 0 Å². The van der Waals surface area contributed by atoms with Crippen LogP contribution in [0, 0.1) is 5.92 Å². The molecule has 0 radical (unpaired) electrons. The number of allylic oxidation sites excluding steroid dienone is 1. The van der Waals surface area contributed by atoms with E-state index in [-0.39, 0.29) is 0 Å². The molecule has 0 aromatic carbocycles. The zero-order chi connectivity index (χ0) is 15.4. The number of unbranched alkanes of at least 4 members (excludes halogenated alkanes) is 3. The Morgan fingerprint density at radius 3 is 1.65 bits per heavy atom. The molecule has 0 heterocycles. The van der Waals surface area contributed by atoms with E-state index in [1.807, 2.05) is 0 Å². The molecule has 0 aromatic rings. The molecule has 0 rings (SSSR count). The van der Waals surface area contributed by atoms with Crippen LogP contribution in [0.5, 0.6) is 0 Å². The molecule has 0 aliphatic rings. The second-order valence-electron chi connectivity index (χ2n) is 6.60. The van der Waals surface area contributed by atoms with Gasteiger partial charge in [-0.2, -0.15) is 0 Å². The van der Waals surface area contributed by atoms with Gasteiger partial charge in [0.15, 0.2) is 0 Å². The molecule has 1 nitrogen and oxygen atoms in total. The Morgan fingerprint density at radius 2 is 1.35 bits per heavy atom. The van der Waals surface area contributed by atoms with Crippen molar-refractivity contribution >= 4 is 18.4 Å². The number of hydrogen-bond acceptors (Lipinski definition) is 1. The average Bonchev–Trinajstić information content (AvgIpc) is 2.46. The van der Waals surface area contributed by atoms with E-state index in [1.54, 1.807) is 3.59 Å². The van der Waals surface area contributed by atoms with Crippen LogP contribution < -0.4 is 0 Å². The Morgan fingerprint density at radius 1 is 0.950 bits per heavy atom. The predicted octanol–water partition coefficient (Wildman–Crippen LogP) is 5.95. The maximum atomic E-state index is 9.36. The molecule has 0 bridgehead atoms. The molecule has 1 N–H and O–H groups in total. The summed E-state index contributed by atoms with van der Waals surface area (Å²) in [6.07, 6.45) is 10.7. The summed E-state index contributed by atoms with van der Waals surface area (Å²) < 4.78 is 6.35. The Kier molecular flexibility index (Phi) is 12.4. The first-order chi connectivity index (χ1) is 9.56. The molecule has 0 aliphatic carbocycles. The SMILES string of the molecule is CCC[CH2][Sn]([CH2]CCC)([CH2]CCC)/[C](C)=C/[C@H](C)CO. The van der Waals surface area contributed by atoms with E-state index < -0.39 is 18.4 Å². The fourth-order valence-corrected chi connectivity index (χ4v) is 19.3. The van der Waals surface area contributed by atoms with Gasteiger partial charge in [0.05, 0.1) is 0 Å². The van der Waals surface area contributed by atoms with Crippen LogP contribution in [-0.2, 0) is 0 Å². The summed E-state index contributed by atoms with van der Waals surface area (Å²) in [5.41, 5.74) is 0. The van der Waals surface area contributed by atoms with Gasteiger partial charge in [0.1, 0.15) is 0 Å². The number of aliphatic hydroxyl groups excluding tert-OH is 1. The first-order valence-corrected chi connectivity index (χ1v) is 16.3.